The number of nitrogens with one attached hydrogen (secondary N) is 1. The van der Waals surface area contributed by atoms with Crippen LogP contribution in [0.5, 0.6) is 5.75 Å². The first-order chi connectivity index (χ1) is 12.0. The van der Waals surface area contributed by atoms with Crippen LogP contribution < -0.4 is 15.0 Å². The summed E-state index contributed by atoms with van der Waals surface area (Å²) in [5.41, 5.74) is 2.25. The van der Waals surface area contributed by atoms with E-state index in [-0.39, 0.29) is 5.91 Å². The summed E-state index contributed by atoms with van der Waals surface area (Å²) in [4.78, 5) is 14.4. The number of carbonyl (C=O) groups is 1. The van der Waals surface area contributed by atoms with E-state index < -0.39 is 6.10 Å². The SMILES string of the molecule is CC(C)c1ccccc1O[C@@H](C)C(=O)NCCN(C)c1ccccc1. The molecular formula is C21H28N2O2. The lowest BCUT2D eigenvalue weighted by Gasteiger charge is -2.21. The summed E-state index contributed by atoms with van der Waals surface area (Å²) in [5.74, 6) is 1.03. The molecule has 0 bridgehead atoms. The van der Waals surface area contributed by atoms with E-state index in [1.54, 1.807) is 6.92 Å². The second-order valence-electron chi connectivity index (χ2n) is 6.50. The van der Waals surface area contributed by atoms with E-state index in [1.807, 2.05) is 49.5 Å². The van der Waals surface area contributed by atoms with Gasteiger partial charge >= 0.3 is 0 Å². The van der Waals surface area contributed by atoms with Crippen LogP contribution in [0.3, 0.4) is 0 Å². The Morgan fingerprint density at radius 1 is 1.04 bits per heavy atom. The molecule has 0 aliphatic heterocycles. The van der Waals surface area contributed by atoms with Crippen molar-refractivity contribution < 1.29 is 9.53 Å². The van der Waals surface area contributed by atoms with Gasteiger partial charge in [-0.3, -0.25) is 4.79 Å². The number of benzene rings is 2. The van der Waals surface area contributed by atoms with Crippen LogP contribution in [0, 0.1) is 0 Å². The average molecular weight is 340 g/mol. The number of para-hydroxylation sites is 2. The van der Waals surface area contributed by atoms with Crippen LogP contribution in [-0.4, -0.2) is 32.1 Å². The summed E-state index contributed by atoms with van der Waals surface area (Å²) in [6.45, 7) is 7.33. The fourth-order valence-electron chi connectivity index (χ4n) is 2.61. The number of anilines is 1. The van der Waals surface area contributed by atoms with E-state index in [0.717, 1.165) is 23.5 Å². The third-order valence-corrected chi connectivity index (χ3v) is 4.16. The monoisotopic (exact) mass is 340 g/mol. The van der Waals surface area contributed by atoms with Gasteiger partial charge in [-0.15, -0.1) is 0 Å². The summed E-state index contributed by atoms with van der Waals surface area (Å²) in [6, 6.07) is 18.0. The molecule has 1 N–H and O–H groups in total. The maximum atomic E-state index is 12.3. The Morgan fingerprint density at radius 3 is 2.36 bits per heavy atom. The largest absolute Gasteiger partial charge is 0.481 e. The summed E-state index contributed by atoms with van der Waals surface area (Å²) in [6.07, 6.45) is -0.526. The predicted octanol–water partition coefficient (Wildman–Crippen LogP) is 3.83. The fraction of sp³-hybridized carbons (Fsp3) is 0.381. The molecule has 0 spiro atoms. The van der Waals surface area contributed by atoms with Crippen LogP contribution in [0.1, 0.15) is 32.3 Å². The lowest BCUT2D eigenvalue weighted by atomic mass is 10.0. The van der Waals surface area contributed by atoms with Crippen molar-refractivity contribution in [3.63, 3.8) is 0 Å². The molecule has 2 rings (SSSR count). The van der Waals surface area contributed by atoms with E-state index in [0.29, 0.717) is 12.5 Å². The number of amides is 1. The molecule has 0 unspecified atom stereocenters. The normalized spacial score (nSPS) is 11.9. The van der Waals surface area contributed by atoms with Crippen LogP contribution in [0.25, 0.3) is 0 Å². The number of likely N-dealkylation sites (N-methyl/N-ethyl adjacent to an activating group) is 1. The quantitative estimate of drug-likeness (QED) is 0.794. The zero-order valence-electron chi connectivity index (χ0n) is 15.5. The standard InChI is InChI=1S/C21H28N2O2/c1-16(2)19-12-8-9-13-20(19)25-17(3)21(24)22-14-15-23(4)18-10-6-5-7-11-18/h5-13,16-17H,14-15H2,1-4H3,(H,22,24)/t17-/m0/s1. The molecule has 0 heterocycles. The van der Waals surface area contributed by atoms with Gasteiger partial charge in [-0.2, -0.15) is 0 Å². The highest BCUT2D eigenvalue weighted by atomic mass is 16.5. The number of nitrogens with zero attached hydrogens (tertiary/aromatic N) is 1. The summed E-state index contributed by atoms with van der Waals surface area (Å²) < 4.78 is 5.89. The first kappa shape index (κ1) is 18.8. The molecule has 2 aromatic carbocycles. The molecule has 2 aromatic rings. The highest BCUT2D eigenvalue weighted by Crippen LogP contribution is 2.26. The number of hydrogen-bond acceptors (Lipinski definition) is 3. The highest BCUT2D eigenvalue weighted by Gasteiger charge is 2.16. The number of carbonyl (C=O) groups excluding carboxylic acids is 1. The number of rotatable bonds is 8. The highest BCUT2D eigenvalue weighted by molar-refractivity contribution is 5.80. The molecule has 0 saturated carbocycles. The zero-order valence-corrected chi connectivity index (χ0v) is 15.5. The molecule has 0 radical (unpaired) electrons. The van der Waals surface area contributed by atoms with Crippen molar-refractivity contribution in [1.29, 1.82) is 0 Å². The first-order valence-corrected chi connectivity index (χ1v) is 8.78. The molecule has 134 valence electrons. The smallest absolute Gasteiger partial charge is 0.260 e. The van der Waals surface area contributed by atoms with Crippen LogP contribution >= 0.6 is 0 Å². The molecule has 1 amide bonds. The van der Waals surface area contributed by atoms with Gasteiger partial charge in [0, 0.05) is 25.8 Å². The van der Waals surface area contributed by atoms with E-state index in [1.165, 1.54) is 0 Å². The molecule has 0 saturated heterocycles. The van der Waals surface area contributed by atoms with Gasteiger partial charge in [0.05, 0.1) is 0 Å². The Hall–Kier alpha value is -2.49. The van der Waals surface area contributed by atoms with E-state index in [4.69, 9.17) is 4.74 Å². The molecule has 0 fully saturated rings. The van der Waals surface area contributed by atoms with Gasteiger partial charge in [0.25, 0.3) is 5.91 Å². The molecule has 0 aliphatic rings. The van der Waals surface area contributed by atoms with Gasteiger partial charge in [-0.25, -0.2) is 0 Å². The zero-order chi connectivity index (χ0) is 18.2. The van der Waals surface area contributed by atoms with Crippen molar-refractivity contribution in [1.82, 2.24) is 5.32 Å². The Kier molecular flexibility index (Phi) is 6.87. The van der Waals surface area contributed by atoms with Crippen molar-refractivity contribution >= 4 is 11.6 Å². The minimum absolute atomic E-state index is 0.0972. The Morgan fingerprint density at radius 2 is 1.68 bits per heavy atom. The van der Waals surface area contributed by atoms with Gasteiger partial charge in [0.2, 0.25) is 0 Å². The first-order valence-electron chi connectivity index (χ1n) is 8.78. The minimum atomic E-state index is -0.526. The molecule has 4 nitrogen and oxygen atoms in total. The number of hydrogen-bond donors (Lipinski definition) is 1. The maximum absolute atomic E-state index is 12.3. The lowest BCUT2D eigenvalue weighted by molar-refractivity contribution is -0.127. The average Bonchev–Trinajstić information content (AvgIpc) is 2.62. The van der Waals surface area contributed by atoms with Crippen LogP contribution in [-0.2, 0) is 4.79 Å². The summed E-state index contributed by atoms with van der Waals surface area (Å²) in [5, 5.41) is 2.95. The third kappa shape index (κ3) is 5.52. The second-order valence-corrected chi connectivity index (χ2v) is 6.50. The molecule has 0 aliphatic carbocycles. The van der Waals surface area contributed by atoms with Gasteiger partial charge in [0.15, 0.2) is 6.10 Å². The van der Waals surface area contributed by atoms with Crippen LogP contribution in [0.4, 0.5) is 5.69 Å². The lowest BCUT2D eigenvalue weighted by Crippen LogP contribution is -2.40. The summed E-state index contributed by atoms with van der Waals surface area (Å²) >= 11 is 0. The molecule has 1 atom stereocenters. The second kappa shape index (κ2) is 9.11. The van der Waals surface area contributed by atoms with Gasteiger partial charge < -0.3 is 15.0 Å². The summed E-state index contributed by atoms with van der Waals surface area (Å²) in [7, 11) is 2.01. The molecule has 4 heteroatoms. The maximum Gasteiger partial charge on any atom is 0.260 e. The molecule has 0 aromatic heterocycles. The van der Waals surface area contributed by atoms with Crippen molar-refractivity contribution in [3.05, 3.63) is 60.2 Å². The van der Waals surface area contributed by atoms with E-state index in [9.17, 15) is 4.79 Å². The predicted molar refractivity (Wildman–Crippen MR) is 103 cm³/mol. The van der Waals surface area contributed by atoms with Crippen molar-refractivity contribution in [3.8, 4) is 5.75 Å². The van der Waals surface area contributed by atoms with Crippen molar-refractivity contribution in [2.24, 2.45) is 0 Å². The Balaban J connectivity index is 1.83. The minimum Gasteiger partial charge on any atom is -0.481 e. The van der Waals surface area contributed by atoms with Crippen molar-refractivity contribution in [2.75, 3.05) is 25.0 Å². The third-order valence-electron chi connectivity index (χ3n) is 4.16. The Labute approximate surface area is 150 Å². The van der Waals surface area contributed by atoms with Crippen LogP contribution in [0.15, 0.2) is 54.6 Å². The fourth-order valence-corrected chi connectivity index (χ4v) is 2.61. The Bertz CT molecular complexity index is 671. The van der Waals surface area contributed by atoms with E-state index in [2.05, 4.69) is 36.2 Å². The van der Waals surface area contributed by atoms with Gasteiger partial charge in [-0.1, -0.05) is 50.2 Å². The van der Waals surface area contributed by atoms with Gasteiger partial charge in [-0.05, 0) is 36.6 Å². The van der Waals surface area contributed by atoms with Gasteiger partial charge in [0.1, 0.15) is 5.75 Å². The topological polar surface area (TPSA) is 41.6 Å². The molecular weight excluding hydrogens is 312 g/mol. The number of ether oxygens (including phenoxy) is 1. The van der Waals surface area contributed by atoms with Crippen LogP contribution in [0.2, 0.25) is 0 Å². The van der Waals surface area contributed by atoms with E-state index >= 15 is 0 Å². The van der Waals surface area contributed by atoms with Crippen molar-refractivity contribution in [2.45, 2.75) is 32.8 Å². The molecule has 25 heavy (non-hydrogen) atoms.